The first-order valence-electron chi connectivity index (χ1n) is 4.87. The van der Waals surface area contributed by atoms with E-state index in [0.29, 0.717) is 6.07 Å². The van der Waals surface area contributed by atoms with Crippen LogP contribution in [0.2, 0.25) is 0 Å². The van der Waals surface area contributed by atoms with Crippen LogP contribution in [0.1, 0.15) is 23.7 Å². The molecule has 0 bridgehead atoms. The van der Waals surface area contributed by atoms with Gasteiger partial charge in [-0.15, -0.1) is 0 Å². The quantitative estimate of drug-likeness (QED) is 0.821. The monoisotopic (exact) mass is 263 g/mol. The Morgan fingerprint density at radius 3 is 2.33 bits per heavy atom. The normalized spacial score (nSPS) is 14.9. The van der Waals surface area contributed by atoms with Crippen molar-refractivity contribution in [2.24, 2.45) is 0 Å². The number of rotatable bonds is 3. The van der Waals surface area contributed by atoms with Gasteiger partial charge in [-0.2, -0.15) is 18.4 Å². The van der Waals surface area contributed by atoms with Gasteiger partial charge < -0.3 is 10.2 Å². The van der Waals surface area contributed by atoms with Crippen molar-refractivity contribution in [3.8, 4) is 6.07 Å². The van der Waals surface area contributed by atoms with Gasteiger partial charge in [-0.25, -0.2) is 4.39 Å². The van der Waals surface area contributed by atoms with Crippen LogP contribution >= 0.6 is 0 Å². The Morgan fingerprint density at radius 1 is 1.28 bits per heavy atom. The van der Waals surface area contributed by atoms with Gasteiger partial charge in [0.15, 0.2) is 0 Å². The van der Waals surface area contributed by atoms with Crippen LogP contribution in [-0.4, -0.2) is 16.3 Å². The minimum Gasteiger partial charge on any atom is -0.389 e. The van der Waals surface area contributed by atoms with E-state index < -0.39 is 41.7 Å². The molecule has 0 amide bonds. The number of aliphatic hydroxyl groups is 2. The maximum atomic E-state index is 13.4. The Kier molecular flexibility index (Phi) is 4.27. The SMILES string of the molecule is N#CCC(O)C(O)c1ccc(C(F)(F)F)cc1F. The van der Waals surface area contributed by atoms with E-state index in [1.165, 1.54) is 0 Å². The summed E-state index contributed by atoms with van der Waals surface area (Å²) in [4.78, 5) is 0. The predicted octanol–water partition coefficient (Wildman–Crippen LogP) is 2.15. The fourth-order valence-electron chi connectivity index (χ4n) is 1.36. The molecule has 0 radical (unpaired) electrons. The van der Waals surface area contributed by atoms with E-state index in [1.807, 2.05) is 0 Å². The van der Waals surface area contributed by atoms with E-state index in [1.54, 1.807) is 6.07 Å². The number of benzene rings is 1. The van der Waals surface area contributed by atoms with Crippen molar-refractivity contribution in [1.29, 1.82) is 5.26 Å². The molecule has 0 aliphatic rings. The molecule has 0 aromatic heterocycles. The molecule has 2 unspecified atom stereocenters. The molecule has 0 aliphatic heterocycles. The van der Waals surface area contributed by atoms with Crippen molar-refractivity contribution in [1.82, 2.24) is 0 Å². The summed E-state index contributed by atoms with van der Waals surface area (Å²) in [6.07, 6.45) is -8.44. The van der Waals surface area contributed by atoms with Gasteiger partial charge in [-0.3, -0.25) is 0 Å². The second kappa shape index (κ2) is 5.33. The molecule has 98 valence electrons. The van der Waals surface area contributed by atoms with Crippen LogP contribution in [0.3, 0.4) is 0 Å². The predicted molar refractivity (Wildman–Crippen MR) is 52.6 cm³/mol. The summed E-state index contributed by atoms with van der Waals surface area (Å²) in [5, 5.41) is 27.0. The van der Waals surface area contributed by atoms with Crippen molar-refractivity contribution >= 4 is 0 Å². The van der Waals surface area contributed by atoms with E-state index in [0.717, 1.165) is 6.07 Å². The van der Waals surface area contributed by atoms with Gasteiger partial charge >= 0.3 is 6.18 Å². The molecule has 2 N–H and O–H groups in total. The summed E-state index contributed by atoms with van der Waals surface area (Å²) in [6.45, 7) is 0. The third-order valence-corrected chi connectivity index (χ3v) is 2.31. The summed E-state index contributed by atoms with van der Waals surface area (Å²) < 4.78 is 50.2. The van der Waals surface area contributed by atoms with Crippen LogP contribution < -0.4 is 0 Å². The molecule has 0 fully saturated rings. The first-order chi connectivity index (χ1) is 8.27. The number of nitriles is 1. The lowest BCUT2D eigenvalue weighted by molar-refractivity contribution is -0.137. The van der Waals surface area contributed by atoms with Crippen LogP contribution in [-0.2, 0) is 6.18 Å². The topological polar surface area (TPSA) is 64.2 Å². The average Bonchev–Trinajstić information content (AvgIpc) is 2.27. The Bertz CT molecular complexity index is 467. The molecule has 0 saturated carbocycles. The van der Waals surface area contributed by atoms with Crippen LogP contribution in [0.25, 0.3) is 0 Å². The summed E-state index contributed by atoms with van der Waals surface area (Å²) >= 11 is 0. The molecular formula is C11H9F4NO2. The number of nitrogens with zero attached hydrogens (tertiary/aromatic N) is 1. The zero-order valence-corrected chi connectivity index (χ0v) is 8.95. The van der Waals surface area contributed by atoms with E-state index in [2.05, 4.69) is 0 Å². The van der Waals surface area contributed by atoms with E-state index in [-0.39, 0.29) is 6.07 Å². The van der Waals surface area contributed by atoms with E-state index in [4.69, 9.17) is 5.26 Å². The first-order valence-corrected chi connectivity index (χ1v) is 4.87. The Balaban J connectivity index is 3.03. The first kappa shape index (κ1) is 14.4. The Labute approximate surface area is 99.9 Å². The second-order valence-corrected chi connectivity index (χ2v) is 3.61. The number of aliphatic hydroxyl groups excluding tert-OH is 2. The van der Waals surface area contributed by atoms with Gasteiger partial charge in [0, 0.05) is 5.56 Å². The molecular weight excluding hydrogens is 254 g/mol. The highest BCUT2D eigenvalue weighted by Gasteiger charge is 2.32. The maximum absolute atomic E-state index is 13.4. The molecule has 3 nitrogen and oxygen atoms in total. The van der Waals surface area contributed by atoms with Crippen molar-refractivity contribution in [2.75, 3.05) is 0 Å². The molecule has 0 spiro atoms. The lowest BCUT2D eigenvalue weighted by Gasteiger charge is -2.17. The third-order valence-electron chi connectivity index (χ3n) is 2.31. The van der Waals surface area contributed by atoms with E-state index in [9.17, 15) is 27.8 Å². The Morgan fingerprint density at radius 2 is 1.89 bits per heavy atom. The zero-order valence-electron chi connectivity index (χ0n) is 8.95. The second-order valence-electron chi connectivity index (χ2n) is 3.61. The smallest absolute Gasteiger partial charge is 0.389 e. The summed E-state index contributed by atoms with van der Waals surface area (Å²) in [7, 11) is 0. The van der Waals surface area contributed by atoms with Gasteiger partial charge in [-0.1, -0.05) is 6.07 Å². The van der Waals surface area contributed by atoms with Crippen LogP contribution in [0.4, 0.5) is 17.6 Å². The molecule has 18 heavy (non-hydrogen) atoms. The number of hydrogen-bond acceptors (Lipinski definition) is 3. The molecule has 2 atom stereocenters. The molecule has 7 heteroatoms. The minimum absolute atomic E-state index is 0.234. The van der Waals surface area contributed by atoms with Crippen molar-refractivity contribution in [3.63, 3.8) is 0 Å². The van der Waals surface area contributed by atoms with Crippen LogP contribution in [0.5, 0.6) is 0 Å². The highest BCUT2D eigenvalue weighted by molar-refractivity contribution is 5.28. The summed E-state index contributed by atoms with van der Waals surface area (Å²) in [5.74, 6) is -1.28. The van der Waals surface area contributed by atoms with Gasteiger partial charge in [0.05, 0.1) is 24.2 Å². The zero-order chi connectivity index (χ0) is 13.9. The van der Waals surface area contributed by atoms with Crippen LogP contribution in [0, 0.1) is 17.1 Å². The summed E-state index contributed by atoms with van der Waals surface area (Å²) in [6, 6.07) is 3.13. The van der Waals surface area contributed by atoms with Gasteiger partial charge in [0.1, 0.15) is 11.9 Å². The highest BCUT2D eigenvalue weighted by Crippen LogP contribution is 2.32. The molecule has 0 saturated heterocycles. The largest absolute Gasteiger partial charge is 0.416 e. The fourth-order valence-corrected chi connectivity index (χ4v) is 1.36. The van der Waals surface area contributed by atoms with Gasteiger partial charge in [0.25, 0.3) is 0 Å². The van der Waals surface area contributed by atoms with Gasteiger partial charge in [-0.05, 0) is 12.1 Å². The molecule has 1 aromatic rings. The maximum Gasteiger partial charge on any atom is 0.416 e. The third kappa shape index (κ3) is 3.18. The number of hydrogen-bond donors (Lipinski definition) is 2. The molecule has 1 aromatic carbocycles. The van der Waals surface area contributed by atoms with Crippen LogP contribution in [0.15, 0.2) is 18.2 Å². The average molecular weight is 263 g/mol. The van der Waals surface area contributed by atoms with Crippen molar-refractivity contribution in [3.05, 3.63) is 35.1 Å². The standard InChI is InChI=1S/C11H9F4NO2/c12-8-5-6(11(13,14)15)1-2-7(8)10(18)9(17)3-4-16/h1-2,5,9-10,17-18H,3H2. The van der Waals surface area contributed by atoms with Gasteiger partial charge in [0.2, 0.25) is 0 Å². The fraction of sp³-hybridized carbons (Fsp3) is 0.364. The number of alkyl halides is 3. The molecule has 1 rings (SSSR count). The summed E-state index contributed by atoms with van der Waals surface area (Å²) in [5.41, 5.74) is -1.67. The highest BCUT2D eigenvalue weighted by atomic mass is 19.4. The molecule has 0 aliphatic carbocycles. The molecule has 0 heterocycles. The Hall–Kier alpha value is -1.65. The van der Waals surface area contributed by atoms with Crippen molar-refractivity contribution < 1.29 is 27.8 Å². The minimum atomic E-state index is -4.68. The lowest BCUT2D eigenvalue weighted by atomic mass is 10.0. The van der Waals surface area contributed by atoms with E-state index >= 15 is 0 Å². The number of halogens is 4. The van der Waals surface area contributed by atoms with Crippen molar-refractivity contribution in [2.45, 2.75) is 24.8 Å². The lowest BCUT2D eigenvalue weighted by Crippen LogP contribution is -2.19.